The average Bonchev–Trinajstić information content (AvgIpc) is 2.73. The van der Waals surface area contributed by atoms with Gasteiger partial charge in [0.25, 0.3) is 0 Å². The normalized spacial score (nSPS) is 12.7. The highest BCUT2D eigenvalue weighted by molar-refractivity contribution is 6.31. The van der Waals surface area contributed by atoms with Gasteiger partial charge in [-0.2, -0.15) is 5.10 Å². The van der Waals surface area contributed by atoms with Crippen molar-refractivity contribution in [3.05, 3.63) is 51.3 Å². The molecule has 18 heavy (non-hydrogen) atoms. The first-order chi connectivity index (χ1) is 8.54. The number of benzene rings is 1. The number of aliphatic hydroxyl groups excluding tert-OH is 1. The maximum atomic E-state index is 10.4. The first kappa shape index (κ1) is 13.4. The molecule has 3 nitrogen and oxygen atoms in total. The Morgan fingerprint density at radius 3 is 2.67 bits per heavy atom. The van der Waals surface area contributed by atoms with Gasteiger partial charge >= 0.3 is 0 Å². The highest BCUT2D eigenvalue weighted by Gasteiger charge is 2.19. The number of aromatic nitrogens is 2. The number of rotatable bonds is 3. The van der Waals surface area contributed by atoms with Crippen molar-refractivity contribution in [2.45, 2.75) is 26.5 Å². The van der Waals surface area contributed by atoms with E-state index in [0.29, 0.717) is 22.3 Å². The van der Waals surface area contributed by atoms with Gasteiger partial charge in [0.2, 0.25) is 0 Å². The highest BCUT2D eigenvalue weighted by Crippen LogP contribution is 2.30. The second-order valence-electron chi connectivity index (χ2n) is 4.10. The van der Waals surface area contributed by atoms with E-state index in [9.17, 15) is 5.11 Å². The van der Waals surface area contributed by atoms with E-state index in [1.54, 1.807) is 23.0 Å². The Kier molecular flexibility index (Phi) is 3.95. The van der Waals surface area contributed by atoms with Crippen LogP contribution in [0.2, 0.25) is 10.0 Å². The summed E-state index contributed by atoms with van der Waals surface area (Å²) in [6, 6.07) is 5.43. The summed E-state index contributed by atoms with van der Waals surface area (Å²) in [5.41, 5.74) is 2.29. The fourth-order valence-electron chi connectivity index (χ4n) is 1.89. The molecule has 1 aromatic carbocycles. The maximum Gasteiger partial charge on any atom is 0.122 e. The lowest BCUT2D eigenvalue weighted by molar-refractivity contribution is 0.208. The van der Waals surface area contributed by atoms with E-state index in [4.69, 9.17) is 23.2 Å². The fourth-order valence-corrected chi connectivity index (χ4v) is 2.25. The molecule has 2 rings (SSSR count). The average molecular weight is 285 g/mol. The molecule has 0 aliphatic rings. The van der Waals surface area contributed by atoms with E-state index in [1.807, 2.05) is 19.9 Å². The molecule has 96 valence electrons. The molecule has 0 fully saturated rings. The van der Waals surface area contributed by atoms with Gasteiger partial charge in [-0.25, -0.2) is 0 Å². The van der Waals surface area contributed by atoms with Crippen molar-refractivity contribution >= 4 is 23.2 Å². The predicted molar refractivity (Wildman–Crippen MR) is 73.2 cm³/mol. The summed E-state index contributed by atoms with van der Waals surface area (Å²) in [6.07, 6.45) is 0.753. The zero-order chi connectivity index (χ0) is 13.3. The number of aliphatic hydroxyl groups is 1. The Hall–Kier alpha value is -1.03. The van der Waals surface area contributed by atoms with E-state index < -0.39 is 6.10 Å². The lowest BCUT2D eigenvalue weighted by Gasteiger charge is -2.14. The number of halogens is 2. The number of hydrogen-bond donors (Lipinski definition) is 1. The van der Waals surface area contributed by atoms with Crippen LogP contribution < -0.4 is 0 Å². The zero-order valence-electron chi connectivity index (χ0n) is 10.2. The Morgan fingerprint density at radius 1 is 1.33 bits per heavy atom. The molecule has 0 aliphatic carbocycles. The summed E-state index contributed by atoms with van der Waals surface area (Å²) < 4.78 is 1.69. The van der Waals surface area contributed by atoms with Gasteiger partial charge in [0.1, 0.15) is 6.10 Å². The molecule has 5 heteroatoms. The predicted octanol–water partition coefficient (Wildman–Crippen LogP) is 3.60. The third-order valence-corrected chi connectivity index (χ3v) is 3.60. The van der Waals surface area contributed by atoms with Crippen molar-refractivity contribution in [1.82, 2.24) is 9.78 Å². The summed E-state index contributed by atoms with van der Waals surface area (Å²) in [7, 11) is 0. The van der Waals surface area contributed by atoms with Gasteiger partial charge in [0.05, 0.1) is 16.9 Å². The van der Waals surface area contributed by atoms with Crippen molar-refractivity contribution < 1.29 is 5.11 Å². The molecule has 0 spiro atoms. The van der Waals surface area contributed by atoms with Crippen molar-refractivity contribution in [2.75, 3.05) is 0 Å². The second kappa shape index (κ2) is 5.31. The summed E-state index contributed by atoms with van der Waals surface area (Å²) >= 11 is 12.0. The lowest BCUT2D eigenvalue weighted by Crippen LogP contribution is -2.09. The molecule has 0 saturated carbocycles. The Morgan fingerprint density at radius 2 is 2.06 bits per heavy atom. The summed E-state index contributed by atoms with van der Waals surface area (Å²) in [5.74, 6) is 0. The molecular formula is C13H14Cl2N2O. The molecule has 1 unspecified atom stereocenters. The van der Waals surface area contributed by atoms with Gasteiger partial charge in [0, 0.05) is 11.6 Å². The van der Waals surface area contributed by atoms with Crippen molar-refractivity contribution in [2.24, 2.45) is 0 Å². The van der Waals surface area contributed by atoms with E-state index in [-0.39, 0.29) is 0 Å². The van der Waals surface area contributed by atoms with Crippen LogP contribution in [0.25, 0.3) is 0 Å². The molecule has 1 heterocycles. The quantitative estimate of drug-likeness (QED) is 0.935. The fraction of sp³-hybridized carbons (Fsp3) is 0.308. The van der Waals surface area contributed by atoms with Crippen LogP contribution in [0, 0.1) is 6.92 Å². The molecule has 0 bridgehead atoms. The van der Waals surface area contributed by atoms with Gasteiger partial charge in [-0.05, 0) is 31.0 Å². The molecular weight excluding hydrogens is 271 g/mol. The van der Waals surface area contributed by atoms with Crippen molar-refractivity contribution in [1.29, 1.82) is 0 Å². The molecule has 0 saturated heterocycles. The Labute approximate surface area is 116 Å². The van der Waals surface area contributed by atoms with Gasteiger partial charge in [-0.15, -0.1) is 0 Å². The SMILES string of the molecule is CCn1ncc(Cl)c1C(O)c1ccc(Cl)c(C)c1. The lowest BCUT2D eigenvalue weighted by atomic mass is 10.0. The summed E-state index contributed by atoms with van der Waals surface area (Å²) in [5, 5.41) is 15.7. The molecule has 1 N–H and O–H groups in total. The minimum Gasteiger partial charge on any atom is -0.382 e. The van der Waals surface area contributed by atoms with Gasteiger partial charge in [0.15, 0.2) is 0 Å². The van der Waals surface area contributed by atoms with Crippen molar-refractivity contribution in [3.63, 3.8) is 0 Å². The van der Waals surface area contributed by atoms with Gasteiger partial charge in [-0.3, -0.25) is 4.68 Å². The van der Waals surface area contributed by atoms with Crippen LogP contribution in [0.15, 0.2) is 24.4 Å². The Balaban J connectivity index is 2.44. The summed E-state index contributed by atoms with van der Waals surface area (Å²) in [4.78, 5) is 0. The topological polar surface area (TPSA) is 38.0 Å². The van der Waals surface area contributed by atoms with Crippen LogP contribution in [0.1, 0.15) is 29.8 Å². The van der Waals surface area contributed by atoms with Crippen LogP contribution in [0.5, 0.6) is 0 Å². The van der Waals surface area contributed by atoms with Crippen LogP contribution in [-0.2, 0) is 6.54 Å². The minimum absolute atomic E-state index is 0.469. The molecule has 1 atom stereocenters. The smallest absolute Gasteiger partial charge is 0.122 e. The van der Waals surface area contributed by atoms with E-state index >= 15 is 0 Å². The molecule has 2 aromatic rings. The number of nitrogens with zero attached hydrogens (tertiary/aromatic N) is 2. The van der Waals surface area contributed by atoms with Crippen molar-refractivity contribution in [3.8, 4) is 0 Å². The summed E-state index contributed by atoms with van der Waals surface area (Å²) in [6.45, 7) is 4.51. The number of hydrogen-bond acceptors (Lipinski definition) is 2. The zero-order valence-corrected chi connectivity index (χ0v) is 11.7. The third-order valence-electron chi connectivity index (χ3n) is 2.89. The van der Waals surface area contributed by atoms with Crippen LogP contribution in [0.3, 0.4) is 0 Å². The van der Waals surface area contributed by atoms with E-state index in [1.165, 1.54) is 0 Å². The van der Waals surface area contributed by atoms with Crippen LogP contribution in [0.4, 0.5) is 0 Å². The first-order valence-corrected chi connectivity index (χ1v) is 6.45. The van der Waals surface area contributed by atoms with E-state index in [0.717, 1.165) is 11.1 Å². The van der Waals surface area contributed by atoms with Crippen LogP contribution >= 0.6 is 23.2 Å². The minimum atomic E-state index is -0.795. The van der Waals surface area contributed by atoms with Gasteiger partial charge in [-0.1, -0.05) is 35.3 Å². The highest BCUT2D eigenvalue weighted by atomic mass is 35.5. The molecule has 0 radical (unpaired) electrons. The molecule has 0 aliphatic heterocycles. The molecule has 0 amide bonds. The van der Waals surface area contributed by atoms with E-state index in [2.05, 4.69) is 5.10 Å². The number of aryl methyl sites for hydroxylation is 2. The second-order valence-corrected chi connectivity index (χ2v) is 4.92. The largest absolute Gasteiger partial charge is 0.382 e. The Bertz CT molecular complexity index is 566. The van der Waals surface area contributed by atoms with Crippen LogP contribution in [-0.4, -0.2) is 14.9 Å². The maximum absolute atomic E-state index is 10.4. The first-order valence-electron chi connectivity index (χ1n) is 5.70. The monoisotopic (exact) mass is 284 g/mol. The van der Waals surface area contributed by atoms with Gasteiger partial charge < -0.3 is 5.11 Å². The third kappa shape index (κ3) is 2.39. The standard InChI is InChI=1S/C13H14Cl2N2O/c1-3-17-12(11(15)7-16-17)13(18)9-4-5-10(14)8(2)6-9/h4-7,13,18H,3H2,1-2H3. The molecule has 1 aromatic heterocycles.